The Morgan fingerprint density at radius 3 is 2.67 bits per heavy atom. The van der Waals surface area contributed by atoms with Crippen molar-refractivity contribution >= 4 is 5.91 Å². The van der Waals surface area contributed by atoms with Crippen LogP contribution >= 0.6 is 0 Å². The van der Waals surface area contributed by atoms with Crippen LogP contribution in [0.4, 0.5) is 0 Å². The highest BCUT2D eigenvalue weighted by Gasteiger charge is 2.27. The smallest absolute Gasteiger partial charge is 0.242 e. The van der Waals surface area contributed by atoms with Crippen molar-refractivity contribution in [3.63, 3.8) is 0 Å². The molecule has 1 aliphatic heterocycles. The number of piperidine rings is 1. The summed E-state index contributed by atoms with van der Waals surface area (Å²) in [5.41, 5.74) is 1.26. The van der Waals surface area contributed by atoms with E-state index in [9.17, 15) is 4.79 Å². The number of imidazole rings is 2. The molecule has 0 bridgehead atoms. The first-order chi connectivity index (χ1) is 13.2. The highest BCUT2D eigenvalue weighted by Crippen LogP contribution is 2.26. The molecule has 140 valence electrons. The molecular weight excluding hydrogens is 338 g/mol. The monoisotopic (exact) mass is 363 g/mol. The van der Waals surface area contributed by atoms with E-state index in [4.69, 9.17) is 0 Å². The zero-order valence-electron chi connectivity index (χ0n) is 15.7. The summed E-state index contributed by atoms with van der Waals surface area (Å²) in [5, 5.41) is 0. The van der Waals surface area contributed by atoms with Gasteiger partial charge in [0.05, 0.1) is 0 Å². The van der Waals surface area contributed by atoms with E-state index < -0.39 is 0 Å². The SMILES string of the molecule is Cc1nccn1CC(=O)N1CCC[C@H](c2nccn2Cc2ccccc2)C1. The fourth-order valence-electron chi connectivity index (χ4n) is 3.83. The van der Waals surface area contributed by atoms with E-state index >= 15 is 0 Å². The predicted octanol–water partition coefficient (Wildman–Crippen LogP) is 2.84. The first-order valence-electron chi connectivity index (χ1n) is 9.51. The lowest BCUT2D eigenvalue weighted by Gasteiger charge is -2.33. The predicted molar refractivity (Wildman–Crippen MR) is 103 cm³/mol. The molecule has 3 aromatic rings. The standard InChI is InChI=1S/C21H25N5O/c1-17-22-9-12-24(17)16-20(27)25-11-5-8-19(15-25)21-23-10-13-26(21)14-18-6-3-2-4-7-18/h2-4,6-7,9-10,12-13,19H,5,8,11,14-16H2,1H3/t19-/m0/s1. The third-order valence-electron chi connectivity index (χ3n) is 5.31. The normalized spacial score (nSPS) is 17.2. The number of hydrogen-bond donors (Lipinski definition) is 0. The zero-order valence-corrected chi connectivity index (χ0v) is 15.7. The second-order valence-corrected chi connectivity index (χ2v) is 7.18. The van der Waals surface area contributed by atoms with Gasteiger partial charge in [-0.2, -0.15) is 0 Å². The molecule has 0 aliphatic carbocycles. The second-order valence-electron chi connectivity index (χ2n) is 7.18. The first kappa shape index (κ1) is 17.5. The minimum atomic E-state index is 0.155. The summed E-state index contributed by atoms with van der Waals surface area (Å²) in [6, 6.07) is 10.4. The number of benzene rings is 1. The fraction of sp³-hybridized carbons (Fsp3) is 0.381. The van der Waals surface area contributed by atoms with Crippen molar-refractivity contribution < 1.29 is 4.79 Å². The van der Waals surface area contributed by atoms with Gasteiger partial charge < -0.3 is 14.0 Å². The molecule has 0 N–H and O–H groups in total. The number of amides is 1. The topological polar surface area (TPSA) is 56.0 Å². The molecule has 0 radical (unpaired) electrons. The Labute approximate surface area is 159 Å². The summed E-state index contributed by atoms with van der Waals surface area (Å²) in [6.07, 6.45) is 9.59. The van der Waals surface area contributed by atoms with Gasteiger partial charge in [-0.25, -0.2) is 9.97 Å². The molecule has 1 aromatic carbocycles. The summed E-state index contributed by atoms with van der Waals surface area (Å²) in [7, 11) is 0. The molecule has 0 spiro atoms. The number of nitrogens with zero attached hydrogens (tertiary/aromatic N) is 5. The van der Waals surface area contributed by atoms with Crippen LogP contribution in [0.1, 0.15) is 36.0 Å². The zero-order chi connectivity index (χ0) is 18.6. The Morgan fingerprint density at radius 1 is 1.11 bits per heavy atom. The molecule has 1 fully saturated rings. The minimum absolute atomic E-state index is 0.155. The van der Waals surface area contributed by atoms with Crippen molar-refractivity contribution in [3.05, 3.63) is 72.3 Å². The lowest BCUT2D eigenvalue weighted by molar-refractivity contribution is -0.133. The lowest BCUT2D eigenvalue weighted by atomic mass is 9.97. The van der Waals surface area contributed by atoms with Crippen molar-refractivity contribution in [2.75, 3.05) is 13.1 Å². The molecule has 4 rings (SSSR count). The van der Waals surface area contributed by atoms with Crippen molar-refractivity contribution in [3.8, 4) is 0 Å². The van der Waals surface area contributed by atoms with E-state index in [1.165, 1.54) is 5.56 Å². The quantitative estimate of drug-likeness (QED) is 0.700. The second kappa shape index (κ2) is 7.78. The molecule has 2 aromatic heterocycles. The Kier molecular flexibility index (Phi) is 5.05. The Hall–Kier alpha value is -2.89. The maximum Gasteiger partial charge on any atom is 0.242 e. The molecule has 1 atom stereocenters. The molecular formula is C21H25N5O. The van der Waals surface area contributed by atoms with Crippen LogP contribution in [0.5, 0.6) is 0 Å². The van der Waals surface area contributed by atoms with Gasteiger partial charge in [0, 0.05) is 50.3 Å². The molecule has 1 saturated heterocycles. The van der Waals surface area contributed by atoms with Crippen molar-refractivity contribution in [1.82, 2.24) is 24.0 Å². The van der Waals surface area contributed by atoms with E-state index in [1.807, 2.05) is 41.0 Å². The van der Waals surface area contributed by atoms with Crippen LogP contribution in [0.25, 0.3) is 0 Å². The summed E-state index contributed by atoms with van der Waals surface area (Å²) in [4.78, 5) is 23.6. The molecule has 0 unspecified atom stereocenters. The summed E-state index contributed by atoms with van der Waals surface area (Å²) < 4.78 is 4.12. The largest absolute Gasteiger partial charge is 0.340 e. The van der Waals surface area contributed by atoms with Crippen LogP contribution < -0.4 is 0 Å². The van der Waals surface area contributed by atoms with E-state index in [-0.39, 0.29) is 11.8 Å². The van der Waals surface area contributed by atoms with Gasteiger partial charge in [0.1, 0.15) is 18.2 Å². The minimum Gasteiger partial charge on any atom is -0.340 e. The van der Waals surface area contributed by atoms with Crippen molar-refractivity contribution in [2.24, 2.45) is 0 Å². The average molecular weight is 363 g/mol. The number of aromatic nitrogens is 4. The summed E-state index contributed by atoms with van der Waals surface area (Å²) in [6.45, 7) is 4.65. The van der Waals surface area contributed by atoms with Crippen LogP contribution in [0.3, 0.4) is 0 Å². The van der Waals surface area contributed by atoms with Crippen LogP contribution in [0.15, 0.2) is 55.1 Å². The number of rotatable bonds is 5. The molecule has 3 heterocycles. The Morgan fingerprint density at radius 2 is 1.89 bits per heavy atom. The average Bonchev–Trinajstić information content (AvgIpc) is 3.32. The Balaban J connectivity index is 1.45. The van der Waals surface area contributed by atoms with Crippen LogP contribution in [0, 0.1) is 6.92 Å². The van der Waals surface area contributed by atoms with E-state index in [1.54, 1.807) is 6.20 Å². The van der Waals surface area contributed by atoms with Gasteiger partial charge in [0.2, 0.25) is 5.91 Å². The fourth-order valence-corrected chi connectivity index (χ4v) is 3.83. The molecule has 0 saturated carbocycles. The Bertz CT molecular complexity index is 898. The van der Waals surface area contributed by atoms with Gasteiger partial charge in [0.25, 0.3) is 0 Å². The number of likely N-dealkylation sites (tertiary alicyclic amines) is 1. The van der Waals surface area contributed by atoms with Gasteiger partial charge in [-0.15, -0.1) is 0 Å². The van der Waals surface area contributed by atoms with E-state index in [0.29, 0.717) is 6.54 Å². The maximum absolute atomic E-state index is 12.8. The molecule has 27 heavy (non-hydrogen) atoms. The van der Waals surface area contributed by atoms with Gasteiger partial charge in [-0.3, -0.25) is 4.79 Å². The van der Waals surface area contributed by atoms with E-state index in [0.717, 1.165) is 44.1 Å². The highest BCUT2D eigenvalue weighted by atomic mass is 16.2. The summed E-state index contributed by atoms with van der Waals surface area (Å²) in [5.74, 6) is 2.39. The lowest BCUT2D eigenvalue weighted by Crippen LogP contribution is -2.41. The number of hydrogen-bond acceptors (Lipinski definition) is 3. The van der Waals surface area contributed by atoms with Gasteiger partial charge in [-0.05, 0) is 25.3 Å². The van der Waals surface area contributed by atoms with Gasteiger partial charge in [-0.1, -0.05) is 30.3 Å². The third kappa shape index (κ3) is 3.94. The number of aryl methyl sites for hydroxylation is 1. The van der Waals surface area contributed by atoms with E-state index in [2.05, 4.69) is 38.8 Å². The van der Waals surface area contributed by atoms with Gasteiger partial charge >= 0.3 is 0 Å². The molecule has 6 nitrogen and oxygen atoms in total. The van der Waals surface area contributed by atoms with Crippen molar-refractivity contribution in [2.45, 2.75) is 38.8 Å². The molecule has 1 amide bonds. The third-order valence-corrected chi connectivity index (χ3v) is 5.31. The van der Waals surface area contributed by atoms with Crippen LogP contribution in [-0.4, -0.2) is 43.0 Å². The summed E-state index contributed by atoms with van der Waals surface area (Å²) >= 11 is 0. The first-order valence-corrected chi connectivity index (χ1v) is 9.51. The molecule has 1 aliphatic rings. The van der Waals surface area contributed by atoms with Crippen molar-refractivity contribution in [1.29, 1.82) is 0 Å². The number of carbonyl (C=O) groups is 1. The molecule has 6 heteroatoms. The van der Waals surface area contributed by atoms with Crippen LogP contribution in [-0.2, 0) is 17.9 Å². The maximum atomic E-state index is 12.8. The number of carbonyl (C=O) groups excluding carboxylic acids is 1. The van der Waals surface area contributed by atoms with Crippen LogP contribution in [0.2, 0.25) is 0 Å². The van der Waals surface area contributed by atoms with Gasteiger partial charge in [0.15, 0.2) is 0 Å². The highest BCUT2D eigenvalue weighted by molar-refractivity contribution is 5.76.